The van der Waals surface area contributed by atoms with Crippen LogP contribution >= 0.6 is 0 Å². The van der Waals surface area contributed by atoms with Crippen molar-refractivity contribution < 1.29 is 29.3 Å². The Morgan fingerprint density at radius 3 is 2.52 bits per heavy atom. The number of aromatic hydroxyl groups is 1. The van der Waals surface area contributed by atoms with Crippen molar-refractivity contribution in [3.05, 3.63) is 89.3 Å². The number of benzene rings is 2. The SMILES string of the molecule is O=C1C(=O)N(Cc2ccncc2)[C@@H](c2cccc(O)c2)C1=C(O)c1ccc2c(c1)OCCO2. The molecule has 0 radical (unpaired) electrons. The number of likely N-dealkylation sites (tertiary alicyclic amines) is 1. The van der Waals surface area contributed by atoms with Gasteiger partial charge in [0.2, 0.25) is 0 Å². The number of carbonyl (C=O) groups excluding carboxylic acids is 2. The van der Waals surface area contributed by atoms with Crippen molar-refractivity contribution in [2.45, 2.75) is 12.6 Å². The number of phenols is 1. The second kappa shape index (κ2) is 8.31. The molecule has 1 fully saturated rings. The fourth-order valence-corrected chi connectivity index (χ4v) is 4.12. The van der Waals surface area contributed by atoms with E-state index in [1.54, 1.807) is 54.9 Å². The molecule has 0 unspecified atom stereocenters. The molecule has 5 rings (SSSR count). The standard InChI is InChI=1S/C25H20N2O6/c28-18-3-1-2-16(12-18)22-21(23(29)17-4-5-19-20(13-17)33-11-10-32-19)24(30)25(31)27(22)14-15-6-8-26-9-7-15/h1-9,12-13,22,28-29H,10-11,14H2/t22-/m0/s1. The van der Waals surface area contributed by atoms with Gasteiger partial charge in [0.05, 0.1) is 11.6 Å². The number of ketones is 1. The van der Waals surface area contributed by atoms with E-state index in [0.29, 0.717) is 35.8 Å². The summed E-state index contributed by atoms with van der Waals surface area (Å²) in [5, 5.41) is 21.3. The van der Waals surface area contributed by atoms with Crippen LogP contribution in [0.4, 0.5) is 0 Å². The van der Waals surface area contributed by atoms with Gasteiger partial charge in [0.1, 0.15) is 24.7 Å². The molecule has 8 nitrogen and oxygen atoms in total. The number of fused-ring (bicyclic) bond motifs is 1. The lowest BCUT2D eigenvalue weighted by Crippen LogP contribution is -2.29. The number of aliphatic hydroxyl groups is 1. The third-order valence-corrected chi connectivity index (χ3v) is 5.64. The molecule has 166 valence electrons. The van der Waals surface area contributed by atoms with Gasteiger partial charge in [-0.1, -0.05) is 12.1 Å². The zero-order valence-corrected chi connectivity index (χ0v) is 17.5. The van der Waals surface area contributed by atoms with Gasteiger partial charge in [-0.05, 0) is 53.6 Å². The summed E-state index contributed by atoms with van der Waals surface area (Å²) in [7, 11) is 0. The number of pyridine rings is 1. The van der Waals surface area contributed by atoms with Crippen molar-refractivity contribution in [1.29, 1.82) is 0 Å². The predicted octanol–water partition coefficient (Wildman–Crippen LogP) is 3.18. The normalized spacial score (nSPS) is 19.0. The molecule has 8 heteroatoms. The smallest absolute Gasteiger partial charge is 0.295 e. The third kappa shape index (κ3) is 3.76. The average Bonchev–Trinajstić information content (AvgIpc) is 3.09. The van der Waals surface area contributed by atoms with Crippen LogP contribution in [0.3, 0.4) is 0 Å². The molecule has 2 aromatic carbocycles. The first-order valence-corrected chi connectivity index (χ1v) is 10.4. The average molecular weight is 444 g/mol. The van der Waals surface area contributed by atoms with Crippen LogP contribution in [0.5, 0.6) is 17.2 Å². The molecule has 3 heterocycles. The quantitative estimate of drug-likeness (QED) is 0.361. The van der Waals surface area contributed by atoms with E-state index in [1.165, 1.54) is 17.0 Å². The highest BCUT2D eigenvalue weighted by Gasteiger charge is 2.46. The summed E-state index contributed by atoms with van der Waals surface area (Å²) in [6, 6.07) is 13.8. The molecule has 2 aliphatic rings. The molecule has 3 aromatic rings. The zero-order chi connectivity index (χ0) is 22.9. The number of hydrogen-bond acceptors (Lipinski definition) is 7. The van der Waals surface area contributed by atoms with Crippen LogP contribution in [0.15, 0.2) is 72.6 Å². The topological polar surface area (TPSA) is 109 Å². The summed E-state index contributed by atoms with van der Waals surface area (Å²) in [5.74, 6) is -0.882. The molecule has 0 aliphatic carbocycles. The number of aliphatic hydroxyl groups excluding tert-OH is 1. The van der Waals surface area contributed by atoms with Gasteiger partial charge in [0, 0.05) is 24.5 Å². The van der Waals surface area contributed by atoms with Crippen LogP contribution in [0, 0.1) is 0 Å². The lowest BCUT2D eigenvalue weighted by molar-refractivity contribution is -0.140. The highest BCUT2D eigenvalue weighted by molar-refractivity contribution is 6.46. The maximum Gasteiger partial charge on any atom is 0.295 e. The van der Waals surface area contributed by atoms with Gasteiger partial charge in [0.15, 0.2) is 11.5 Å². The number of carbonyl (C=O) groups is 2. The van der Waals surface area contributed by atoms with Crippen molar-refractivity contribution in [1.82, 2.24) is 9.88 Å². The van der Waals surface area contributed by atoms with E-state index in [2.05, 4.69) is 4.98 Å². The van der Waals surface area contributed by atoms with E-state index in [-0.39, 0.29) is 23.6 Å². The largest absolute Gasteiger partial charge is 0.508 e. The summed E-state index contributed by atoms with van der Waals surface area (Å²) in [6.45, 7) is 0.929. The van der Waals surface area contributed by atoms with Crippen molar-refractivity contribution in [2.75, 3.05) is 13.2 Å². The minimum atomic E-state index is -0.890. The highest BCUT2D eigenvalue weighted by Crippen LogP contribution is 2.42. The number of Topliss-reactive ketones (excluding diaryl/α,β-unsaturated/α-hetero) is 1. The monoisotopic (exact) mass is 444 g/mol. The van der Waals surface area contributed by atoms with Gasteiger partial charge in [0.25, 0.3) is 11.7 Å². The van der Waals surface area contributed by atoms with Crippen molar-refractivity contribution >= 4 is 17.4 Å². The van der Waals surface area contributed by atoms with Crippen LogP contribution in [0.2, 0.25) is 0 Å². The second-order valence-corrected chi connectivity index (χ2v) is 7.74. The Kier molecular flexibility index (Phi) is 5.18. The number of amides is 1. The predicted molar refractivity (Wildman–Crippen MR) is 118 cm³/mol. The fourth-order valence-electron chi connectivity index (χ4n) is 4.12. The lowest BCUT2D eigenvalue weighted by Gasteiger charge is -2.25. The van der Waals surface area contributed by atoms with E-state index in [9.17, 15) is 19.8 Å². The molecular formula is C25H20N2O6. The Morgan fingerprint density at radius 1 is 1.00 bits per heavy atom. The Morgan fingerprint density at radius 2 is 1.76 bits per heavy atom. The first-order valence-electron chi connectivity index (χ1n) is 10.4. The van der Waals surface area contributed by atoms with Crippen LogP contribution < -0.4 is 9.47 Å². The molecule has 0 spiro atoms. The van der Waals surface area contributed by atoms with E-state index < -0.39 is 17.7 Å². The van der Waals surface area contributed by atoms with Crippen LogP contribution in [0.25, 0.3) is 5.76 Å². The maximum absolute atomic E-state index is 13.1. The van der Waals surface area contributed by atoms with Crippen molar-refractivity contribution in [3.8, 4) is 17.2 Å². The Bertz CT molecular complexity index is 1270. The second-order valence-electron chi connectivity index (χ2n) is 7.74. The van der Waals surface area contributed by atoms with Crippen molar-refractivity contribution in [2.24, 2.45) is 0 Å². The summed E-state index contributed by atoms with van der Waals surface area (Å²) in [4.78, 5) is 31.6. The van der Waals surface area contributed by atoms with Crippen LogP contribution in [-0.2, 0) is 16.1 Å². The third-order valence-electron chi connectivity index (χ3n) is 5.64. The molecule has 33 heavy (non-hydrogen) atoms. The van der Waals surface area contributed by atoms with Crippen LogP contribution in [-0.4, -0.2) is 45.0 Å². The first kappa shape index (κ1) is 20.6. The van der Waals surface area contributed by atoms with Gasteiger partial charge in [-0.25, -0.2) is 0 Å². The molecule has 0 bridgehead atoms. The Hall–Kier alpha value is -4.33. The van der Waals surface area contributed by atoms with E-state index in [4.69, 9.17) is 9.47 Å². The molecule has 1 atom stereocenters. The summed E-state index contributed by atoms with van der Waals surface area (Å²) < 4.78 is 11.1. The summed E-state index contributed by atoms with van der Waals surface area (Å²) in [5.41, 5.74) is 1.54. The molecule has 1 aromatic heterocycles. The van der Waals surface area contributed by atoms with E-state index in [1.807, 2.05) is 0 Å². The molecular weight excluding hydrogens is 424 g/mol. The van der Waals surface area contributed by atoms with E-state index in [0.717, 1.165) is 5.56 Å². The number of hydrogen-bond donors (Lipinski definition) is 2. The van der Waals surface area contributed by atoms with Gasteiger partial charge in [-0.15, -0.1) is 0 Å². The Labute approximate surface area is 189 Å². The number of ether oxygens (including phenoxy) is 2. The Balaban J connectivity index is 1.64. The molecule has 2 aliphatic heterocycles. The van der Waals surface area contributed by atoms with Gasteiger partial charge < -0.3 is 24.6 Å². The molecule has 1 saturated heterocycles. The zero-order valence-electron chi connectivity index (χ0n) is 17.5. The number of nitrogens with zero attached hydrogens (tertiary/aromatic N) is 2. The van der Waals surface area contributed by atoms with Gasteiger partial charge in [-0.2, -0.15) is 0 Å². The molecule has 1 amide bonds. The van der Waals surface area contributed by atoms with Crippen molar-refractivity contribution in [3.63, 3.8) is 0 Å². The summed E-state index contributed by atoms with van der Waals surface area (Å²) >= 11 is 0. The van der Waals surface area contributed by atoms with Gasteiger partial charge >= 0.3 is 0 Å². The minimum absolute atomic E-state index is 0.0127. The van der Waals surface area contributed by atoms with Gasteiger partial charge in [-0.3, -0.25) is 14.6 Å². The molecule has 2 N–H and O–H groups in total. The minimum Gasteiger partial charge on any atom is -0.508 e. The first-order chi connectivity index (χ1) is 16.0. The highest BCUT2D eigenvalue weighted by atomic mass is 16.6. The van der Waals surface area contributed by atoms with Crippen LogP contribution in [0.1, 0.15) is 22.7 Å². The van der Waals surface area contributed by atoms with E-state index >= 15 is 0 Å². The fraction of sp³-hybridized carbons (Fsp3) is 0.160. The number of rotatable bonds is 4. The maximum atomic E-state index is 13.1. The number of phenolic OH excluding ortho intramolecular Hbond substituents is 1. The molecule has 0 saturated carbocycles. The summed E-state index contributed by atoms with van der Waals surface area (Å²) in [6.07, 6.45) is 3.20. The lowest BCUT2D eigenvalue weighted by atomic mass is 9.95. The number of aromatic nitrogens is 1.